The maximum Gasteiger partial charge on any atom is 0.337 e. The van der Waals surface area contributed by atoms with E-state index in [9.17, 15) is 4.79 Å². The van der Waals surface area contributed by atoms with Gasteiger partial charge >= 0.3 is 5.97 Å². The Labute approximate surface area is 129 Å². The topological polar surface area (TPSA) is 55.8 Å². The number of rotatable bonds is 4. The molecule has 104 valence electrons. The number of ether oxygens (including phenoxy) is 2. The summed E-state index contributed by atoms with van der Waals surface area (Å²) >= 11 is 9.26. The van der Waals surface area contributed by atoms with Crippen LogP contribution in [-0.2, 0) is 0 Å². The van der Waals surface area contributed by atoms with Gasteiger partial charge in [-0.2, -0.15) is 0 Å². The Morgan fingerprint density at radius 1 is 1.20 bits per heavy atom. The van der Waals surface area contributed by atoms with E-state index in [4.69, 9.17) is 26.2 Å². The molecule has 0 amide bonds. The van der Waals surface area contributed by atoms with Crippen molar-refractivity contribution >= 4 is 33.5 Å². The molecule has 1 N–H and O–H groups in total. The lowest BCUT2D eigenvalue weighted by Gasteiger charge is -2.10. The standard InChI is InChI=1S/C14H10BrClO4/c1-19-8-3-5-13(11(15)6-8)20-9-2-4-10(14(17)18)12(16)7-9/h2-7H,1H3,(H,17,18). The normalized spacial score (nSPS) is 10.2. The number of hydrogen-bond donors (Lipinski definition) is 1. The SMILES string of the molecule is COc1ccc(Oc2ccc(C(=O)O)c(Cl)c2)c(Br)c1. The third-order valence-corrected chi connectivity index (χ3v) is 3.47. The van der Waals surface area contributed by atoms with Gasteiger partial charge in [0, 0.05) is 6.07 Å². The number of benzene rings is 2. The minimum Gasteiger partial charge on any atom is -0.497 e. The molecule has 0 radical (unpaired) electrons. The molecular weight excluding hydrogens is 348 g/mol. The summed E-state index contributed by atoms with van der Waals surface area (Å²) in [6.45, 7) is 0. The van der Waals surface area contributed by atoms with Crippen LogP contribution in [0.5, 0.6) is 17.2 Å². The van der Waals surface area contributed by atoms with Gasteiger partial charge in [0.25, 0.3) is 0 Å². The third kappa shape index (κ3) is 3.23. The number of carbonyl (C=O) groups is 1. The molecule has 0 aliphatic carbocycles. The maximum absolute atomic E-state index is 10.9. The fourth-order valence-corrected chi connectivity index (χ4v) is 2.24. The molecule has 0 aliphatic rings. The molecule has 0 bridgehead atoms. The van der Waals surface area contributed by atoms with Gasteiger partial charge in [-0.1, -0.05) is 11.6 Å². The predicted molar refractivity (Wildman–Crippen MR) is 79.2 cm³/mol. The summed E-state index contributed by atoms with van der Waals surface area (Å²) in [7, 11) is 1.58. The Morgan fingerprint density at radius 3 is 2.45 bits per heavy atom. The first-order chi connectivity index (χ1) is 9.51. The van der Waals surface area contributed by atoms with Gasteiger partial charge in [-0.15, -0.1) is 0 Å². The summed E-state index contributed by atoms with van der Waals surface area (Å²) < 4.78 is 11.5. The number of hydrogen-bond acceptors (Lipinski definition) is 3. The van der Waals surface area contributed by atoms with Gasteiger partial charge in [0.1, 0.15) is 17.2 Å². The molecule has 0 spiro atoms. The van der Waals surface area contributed by atoms with Gasteiger partial charge in [0.15, 0.2) is 0 Å². The second kappa shape index (κ2) is 6.15. The molecule has 0 heterocycles. The van der Waals surface area contributed by atoms with Crippen molar-refractivity contribution in [2.75, 3.05) is 7.11 Å². The minimum atomic E-state index is -1.08. The van der Waals surface area contributed by atoms with Crippen LogP contribution >= 0.6 is 27.5 Å². The van der Waals surface area contributed by atoms with Crippen LogP contribution in [0.3, 0.4) is 0 Å². The van der Waals surface area contributed by atoms with E-state index in [1.165, 1.54) is 12.1 Å². The van der Waals surface area contributed by atoms with E-state index in [1.807, 2.05) is 0 Å². The lowest BCUT2D eigenvalue weighted by atomic mass is 10.2. The van der Waals surface area contributed by atoms with Crippen molar-refractivity contribution in [3.05, 3.63) is 51.5 Å². The highest BCUT2D eigenvalue weighted by Gasteiger charge is 2.11. The summed E-state index contributed by atoms with van der Waals surface area (Å²) in [5.41, 5.74) is 0.0350. The van der Waals surface area contributed by atoms with Gasteiger partial charge in [0.05, 0.1) is 22.2 Å². The van der Waals surface area contributed by atoms with E-state index < -0.39 is 5.97 Å². The van der Waals surface area contributed by atoms with Crippen molar-refractivity contribution in [1.82, 2.24) is 0 Å². The minimum absolute atomic E-state index is 0.0350. The Morgan fingerprint density at radius 2 is 1.90 bits per heavy atom. The summed E-state index contributed by atoms with van der Waals surface area (Å²) in [5.74, 6) is 0.645. The molecule has 0 unspecified atom stereocenters. The van der Waals surface area contributed by atoms with Crippen molar-refractivity contribution in [3.63, 3.8) is 0 Å². The molecule has 0 aliphatic heterocycles. The van der Waals surface area contributed by atoms with Crippen LogP contribution in [0, 0.1) is 0 Å². The first-order valence-electron chi connectivity index (χ1n) is 5.55. The van der Waals surface area contributed by atoms with E-state index in [1.54, 1.807) is 31.4 Å². The number of carboxylic acids is 1. The smallest absolute Gasteiger partial charge is 0.337 e. The Balaban J connectivity index is 2.26. The van der Waals surface area contributed by atoms with E-state index in [-0.39, 0.29) is 10.6 Å². The summed E-state index contributed by atoms with van der Waals surface area (Å²) in [4.78, 5) is 10.9. The highest BCUT2D eigenvalue weighted by molar-refractivity contribution is 9.10. The zero-order valence-corrected chi connectivity index (χ0v) is 12.7. The molecule has 0 saturated carbocycles. The van der Waals surface area contributed by atoms with Gasteiger partial charge in [-0.25, -0.2) is 4.79 Å². The van der Waals surface area contributed by atoms with E-state index in [0.29, 0.717) is 17.2 Å². The lowest BCUT2D eigenvalue weighted by molar-refractivity contribution is 0.0697. The number of methoxy groups -OCH3 is 1. The van der Waals surface area contributed by atoms with Crippen LogP contribution in [0.25, 0.3) is 0 Å². The molecule has 0 atom stereocenters. The first kappa shape index (κ1) is 14.7. The number of aromatic carboxylic acids is 1. The van der Waals surface area contributed by atoms with E-state index >= 15 is 0 Å². The zero-order chi connectivity index (χ0) is 14.7. The molecular formula is C14H10BrClO4. The fraction of sp³-hybridized carbons (Fsp3) is 0.0714. The van der Waals surface area contributed by atoms with E-state index in [0.717, 1.165) is 4.47 Å². The predicted octanol–water partition coefficient (Wildman–Crippen LogP) is 4.60. The zero-order valence-electron chi connectivity index (χ0n) is 10.4. The highest BCUT2D eigenvalue weighted by atomic mass is 79.9. The molecule has 0 fully saturated rings. The number of carboxylic acid groups (broad SMARTS) is 1. The van der Waals surface area contributed by atoms with Crippen LogP contribution in [0.1, 0.15) is 10.4 Å². The highest BCUT2D eigenvalue weighted by Crippen LogP contribution is 2.34. The number of halogens is 2. The molecule has 4 nitrogen and oxygen atoms in total. The molecule has 2 rings (SSSR count). The summed E-state index contributed by atoms with van der Waals surface area (Å²) in [5, 5.41) is 9.03. The summed E-state index contributed by atoms with van der Waals surface area (Å²) in [6.07, 6.45) is 0. The molecule has 6 heteroatoms. The van der Waals surface area contributed by atoms with Crippen LogP contribution in [-0.4, -0.2) is 18.2 Å². The molecule has 2 aromatic rings. The van der Waals surface area contributed by atoms with Crippen molar-refractivity contribution in [2.24, 2.45) is 0 Å². The third-order valence-electron chi connectivity index (χ3n) is 2.54. The van der Waals surface area contributed by atoms with Gasteiger partial charge in [-0.3, -0.25) is 0 Å². The second-order valence-electron chi connectivity index (χ2n) is 3.85. The average Bonchev–Trinajstić information content (AvgIpc) is 2.40. The van der Waals surface area contributed by atoms with E-state index in [2.05, 4.69) is 15.9 Å². The van der Waals surface area contributed by atoms with Crippen molar-refractivity contribution in [1.29, 1.82) is 0 Å². The van der Waals surface area contributed by atoms with Crippen molar-refractivity contribution < 1.29 is 19.4 Å². The van der Waals surface area contributed by atoms with Crippen LogP contribution < -0.4 is 9.47 Å². The van der Waals surface area contributed by atoms with Crippen LogP contribution in [0.2, 0.25) is 5.02 Å². The second-order valence-corrected chi connectivity index (χ2v) is 5.11. The van der Waals surface area contributed by atoms with Crippen LogP contribution in [0.4, 0.5) is 0 Å². The maximum atomic E-state index is 10.9. The average molecular weight is 358 g/mol. The summed E-state index contributed by atoms with van der Waals surface area (Å²) in [6, 6.07) is 9.67. The Kier molecular flexibility index (Phi) is 4.52. The van der Waals surface area contributed by atoms with Gasteiger partial charge < -0.3 is 14.6 Å². The quantitative estimate of drug-likeness (QED) is 0.868. The van der Waals surface area contributed by atoms with Crippen molar-refractivity contribution in [2.45, 2.75) is 0 Å². The van der Waals surface area contributed by atoms with Crippen LogP contribution in [0.15, 0.2) is 40.9 Å². The Bertz CT molecular complexity index is 658. The fourth-order valence-electron chi connectivity index (χ4n) is 1.55. The van der Waals surface area contributed by atoms with Gasteiger partial charge in [0.2, 0.25) is 0 Å². The largest absolute Gasteiger partial charge is 0.497 e. The molecule has 2 aromatic carbocycles. The molecule has 0 saturated heterocycles. The molecule has 0 aromatic heterocycles. The van der Waals surface area contributed by atoms with Crippen molar-refractivity contribution in [3.8, 4) is 17.2 Å². The Hall–Kier alpha value is -1.72. The first-order valence-corrected chi connectivity index (χ1v) is 6.72. The van der Waals surface area contributed by atoms with Gasteiger partial charge in [-0.05, 0) is 46.3 Å². The lowest BCUT2D eigenvalue weighted by Crippen LogP contribution is -1.97. The monoisotopic (exact) mass is 356 g/mol. The molecule has 20 heavy (non-hydrogen) atoms.